The number of aliphatic carboxylic acids is 1. The monoisotopic (exact) mass is 338 g/mol. The van der Waals surface area contributed by atoms with Gasteiger partial charge in [-0.05, 0) is 26.0 Å². The first-order chi connectivity index (χ1) is 9.13. The van der Waals surface area contributed by atoms with Crippen molar-refractivity contribution in [1.29, 1.82) is 0 Å². The highest BCUT2D eigenvalue weighted by atomic mass is 35.5. The Morgan fingerprint density at radius 3 is 2.25 bits per heavy atom. The molecule has 3 N–H and O–H groups in total. The first kappa shape index (κ1) is 17.0. The van der Waals surface area contributed by atoms with Crippen LogP contribution in [0.4, 0.5) is 5.69 Å². The van der Waals surface area contributed by atoms with Gasteiger partial charge in [-0.15, -0.1) is 0 Å². The van der Waals surface area contributed by atoms with Gasteiger partial charge < -0.3 is 10.4 Å². The third-order valence-corrected chi connectivity index (χ3v) is 3.54. The Hall–Kier alpha value is -1.01. The molecule has 0 aromatic heterocycles. The lowest BCUT2D eigenvalue weighted by atomic mass is 10.1. The van der Waals surface area contributed by atoms with Gasteiger partial charge in [-0.2, -0.15) is 0 Å². The molecule has 8 heteroatoms. The molecule has 0 aliphatic carbocycles. The highest BCUT2D eigenvalue weighted by Crippen LogP contribution is 2.32. The van der Waals surface area contributed by atoms with Crippen molar-refractivity contribution in [1.82, 2.24) is 5.32 Å². The lowest BCUT2D eigenvalue weighted by Gasteiger charge is -2.20. The van der Waals surface area contributed by atoms with E-state index in [0.717, 1.165) is 0 Å². The summed E-state index contributed by atoms with van der Waals surface area (Å²) in [5, 5.41) is 14.8. The average molecular weight is 340 g/mol. The Labute approximate surface area is 131 Å². The van der Waals surface area contributed by atoms with E-state index >= 15 is 0 Å². The molecule has 1 rings (SSSR count). The Morgan fingerprint density at radius 2 is 1.70 bits per heavy atom. The number of carbonyl (C=O) groups excluding carboxylic acids is 1. The molecular formula is C12H13Cl3N2O3. The summed E-state index contributed by atoms with van der Waals surface area (Å²) in [4.78, 5) is 22.6. The van der Waals surface area contributed by atoms with Crippen LogP contribution in [0.3, 0.4) is 0 Å². The minimum absolute atomic E-state index is 0.185. The summed E-state index contributed by atoms with van der Waals surface area (Å²) in [6.45, 7) is 2.72. The van der Waals surface area contributed by atoms with E-state index < -0.39 is 17.4 Å². The number of amides is 1. The third-order valence-electron chi connectivity index (χ3n) is 2.51. The van der Waals surface area contributed by atoms with Crippen molar-refractivity contribution in [3.05, 3.63) is 27.2 Å². The number of nitrogens with one attached hydrogen (secondary N) is 2. The smallest absolute Gasteiger partial charge is 0.323 e. The minimum atomic E-state index is -1.21. The van der Waals surface area contributed by atoms with E-state index in [4.69, 9.17) is 39.9 Å². The van der Waals surface area contributed by atoms with Crippen LogP contribution in [0.5, 0.6) is 0 Å². The first-order valence-electron chi connectivity index (χ1n) is 5.56. The number of hydrogen-bond acceptors (Lipinski definition) is 3. The van der Waals surface area contributed by atoms with Crippen molar-refractivity contribution >= 4 is 52.4 Å². The summed E-state index contributed by atoms with van der Waals surface area (Å²) >= 11 is 17.5. The normalized spacial score (nSPS) is 11.2. The molecule has 0 unspecified atom stereocenters. The van der Waals surface area contributed by atoms with Crippen molar-refractivity contribution in [3.63, 3.8) is 0 Å². The number of halogens is 3. The molecule has 0 fully saturated rings. The van der Waals surface area contributed by atoms with Gasteiger partial charge in [0.25, 0.3) is 0 Å². The SMILES string of the molecule is CC(C)(NCC(=O)Nc1cc(Cl)c(Cl)cc1Cl)C(=O)O. The minimum Gasteiger partial charge on any atom is -0.480 e. The van der Waals surface area contributed by atoms with Crippen LogP contribution < -0.4 is 10.6 Å². The summed E-state index contributed by atoms with van der Waals surface area (Å²) in [5.74, 6) is -1.50. The summed E-state index contributed by atoms with van der Waals surface area (Å²) in [6.07, 6.45) is 0. The van der Waals surface area contributed by atoms with Crippen LogP contribution in [0.25, 0.3) is 0 Å². The van der Waals surface area contributed by atoms with Gasteiger partial charge in [0.1, 0.15) is 5.54 Å². The van der Waals surface area contributed by atoms with Crippen molar-refractivity contribution in [2.75, 3.05) is 11.9 Å². The summed E-state index contributed by atoms with van der Waals surface area (Å²) in [6, 6.07) is 2.84. The Bertz CT molecular complexity index is 547. The third kappa shape index (κ3) is 4.52. The number of carboxylic acid groups (broad SMARTS) is 1. The topological polar surface area (TPSA) is 78.4 Å². The van der Waals surface area contributed by atoms with Crippen LogP contribution in [0.15, 0.2) is 12.1 Å². The van der Waals surface area contributed by atoms with E-state index in [1.165, 1.54) is 26.0 Å². The van der Waals surface area contributed by atoms with Crippen molar-refractivity contribution in [2.45, 2.75) is 19.4 Å². The fourth-order valence-electron chi connectivity index (χ4n) is 1.19. The zero-order valence-corrected chi connectivity index (χ0v) is 13.0. The van der Waals surface area contributed by atoms with Crippen LogP contribution >= 0.6 is 34.8 Å². The summed E-state index contributed by atoms with van der Waals surface area (Å²) in [7, 11) is 0. The summed E-state index contributed by atoms with van der Waals surface area (Å²) in [5.41, 5.74) is -0.903. The predicted molar refractivity (Wildman–Crippen MR) is 79.8 cm³/mol. The fraction of sp³-hybridized carbons (Fsp3) is 0.333. The standard InChI is InChI=1S/C12H13Cl3N2O3/c1-12(2,11(19)20)16-5-10(18)17-9-4-7(14)6(13)3-8(9)15/h3-4,16H,5H2,1-2H3,(H,17,18)(H,19,20). The number of hydrogen-bond donors (Lipinski definition) is 3. The van der Waals surface area contributed by atoms with Crippen molar-refractivity contribution in [3.8, 4) is 0 Å². The molecule has 0 bridgehead atoms. The fourth-order valence-corrected chi connectivity index (χ4v) is 1.78. The zero-order chi connectivity index (χ0) is 15.5. The van der Waals surface area contributed by atoms with Crippen LogP contribution in [-0.2, 0) is 9.59 Å². The van der Waals surface area contributed by atoms with Crippen molar-refractivity contribution in [2.24, 2.45) is 0 Å². The van der Waals surface area contributed by atoms with Gasteiger partial charge in [0.15, 0.2) is 0 Å². The highest BCUT2D eigenvalue weighted by Gasteiger charge is 2.26. The van der Waals surface area contributed by atoms with E-state index in [0.29, 0.717) is 5.69 Å². The predicted octanol–water partition coefficient (Wildman–Crippen LogP) is 3.04. The molecule has 20 heavy (non-hydrogen) atoms. The largest absolute Gasteiger partial charge is 0.480 e. The van der Waals surface area contributed by atoms with E-state index in [-0.39, 0.29) is 21.6 Å². The number of rotatable bonds is 5. The quantitative estimate of drug-likeness (QED) is 0.721. The second-order valence-corrected chi connectivity index (χ2v) is 5.80. The molecule has 0 atom stereocenters. The Kier molecular flexibility index (Phi) is 5.65. The van der Waals surface area contributed by atoms with Gasteiger partial charge in [-0.25, -0.2) is 0 Å². The average Bonchev–Trinajstić information content (AvgIpc) is 2.33. The van der Waals surface area contributed by atoms with Gasteiger partial charge in [0.2, 0.25) is 5.91 Å². The van der Waals surface area contributed by atoms with Crippen LogP contribution in [0.2, 0.25) is 15.1 Å². The molecule has 1 aromatic rings. The number of carbonyl (C=O) groups is 2. The molecular weight excluding hydrogens is 327 g/mol. The molecule has 1 amide bonds. The molecule has 0 aliphatic rings. The summed E-state index contributed by atoms with van der Waals surface area (Å²) < 4.78 is 0. The van der Waals surface area contributed by atoms with Gasteiger partial charge in [-0.3, -0.25) is 14.9 Å². The highest BCUT2D eigenvalue weighted by molar-refractivity contribution is 6.44. The Morgan fingerprint density at radius 1 is 1.15 bits per heavy atom. The molecule has 0 aliphatic heterocycles. The van der Waals surface area contributed by atoms with E-state index in [9.17, 15) is 9.59 Å². The molecule has 0 saturated heterocycles. The van der Waals surface area contributed by atoms with Gasteiger partial charge in [-0.1, -0.05) is 34.8 Å². The number of anilines is 1. The Balaban J connectivity index is 2.68. The van der Waals surface area contributed by atoms with E-state index in [2.05, 4.69) is 10.6 Å². The maximum Gasteiger partial charge on any atom is 0.323 e. The van der Waals surface area contributed by atoms with Crippen LogP contribution in [0, 0.1) is 0 Å². The first-order valence-corrected chi connectivity index (χ1v) is 6.69. The number of benzene rings is 1. The van der Waals surface area contributed by atoms with Crippen molar-refractivity contribution < 1.29 is 14.7 Å². The van der Waals surface area contributed by atoms with Gasteiger partial charge in [0, 0.05) is 0 Å². The maximum atomic E-state index is 11.7. The molecule has 0 spiro atoms. The van der Waals surface area contributed by atoms with E-state index in [1.807, 2.05) is 0 Å². The number of carboxylic acids is 1. The second-order valence-electron chi connectivity index (χ2n) is 4.58. The molecule has 0 heterocycles. The van der Waals surface area contributed by atoms with Crippen LogP contribution in [0.1, 0.15) is 13.8 Å². The van der Waals surface area contributed by atoms with Gasteiger partial charge >= 0.3 is 5.97 Å². The molecule has 110 valence electrons. The zero-order valence-electron chi connectivity index (χ0n) is 10.8. The lowest BCUT2D eigenvalue weighted by Crippen LogP contribution is -2.49. The lowest BCUT2D eigenvalue weighted by molar-refractivity contribution is -0.143. The second kappa shape index (κ2) is 6.63. The van der Waals surface area contributed by atoms with Gasteiger partial charge in [0.05, 0.1) is 27.3 Å². The molecule has 1 aromatic carbocycles. The maximum absolute atomic E-state index is 11.7. The molecule has 0 radical (unpaired) electrons. The molecule has 5 nitrogen and oxygen atoms in total. The van der Waals surface area contributed by atoms with E-state index in [1.54, 1.807) is 0 Å². The molecule has 0 saturated carbocycles. The van der Waals surface area contributed by atoms with Crippen LogP contribution in [-0.4, -0.2) is 29.1 Å².